The van der Waals surface area contributed by atoms with Gasteiger partial charge in [-0.1, -0.05) is 13.8 Å². The summed E-state index contributed by atoms with van der Waals surface area (Å²) in [4.78, 5) is 36.4. The van der Waals surface area contributed by atoms with Crippen molar-refractivity contribution in [1.82, 2.24) is 31.0 Å². The summed E-state index contributed by atoms with van der Waals surface area (Å²) in [7, 11) is 0. The minimum Gasteiger partial charge on any atom is -0.366 e. The third kappa shape index (κ3) is 6.60. The van der Waals surface area contributed by atoms with Crippen molar-refractivity contribution in [3.63, 3.8) is 0 Å². The number of nitrogens with one attached hydrogen (secondary N) is 3. The molecule has 3 aliphatic rings. The van der Waals surface area contributed by atoms with Crippen LogP contribution in [0.1, 0.15) is 39.2 Å². The molecule has 4 rings (SSSR count). The number of carbonyl (C=O) groups is 2. The molecule has 4 heterocycles. The largest absolute Gasteiger partial charge is 0.419 e. The number of rotatable bonds is 7. The molecule has 0 bridgehead atoms. The maximum absolute atomic E-state index is 13.4. The second kappa shape index (κ2) is 11.3. The number of hydrogen-bond donors (Lipinski definition) is 3. The highest BCUT2D eigenvalue weighted by Gasteiger charge is 2.52. The van der Waals surface area contributed by atoms with Crippen molar-refractivity contribution in [3.05, 3.63) is 18.0 Å². The number of anilines is 1. The van der Waals surface area contributed by atoms with Gasteiger partial charge in [-0.3, -0.25) is 15.0 Å². The third-order valence-corrected chi connectivity index (χ3v) is 7.53. The molecule has 3 saturated heterocycles. The molecule has 3 aliphatic heterocycles. The fourth-order valence-electron chi connectivity index (χ4n) is 5.51. The number of nitrogens with zero attached hydrogens (tertiary/aromatic N) is 4. The molecule has 0 aromatic carbocycles. The number of aromatic nitrogens is 2. The second-order valence-corrected chi connectivity index (χ2v) is 11.2. The smallest absolute Gasteiger partial charge is 0.366 e. The molecule has 2 unspecified atom stereocenters. The molecule has 3 N–H and O–H groups in total. The fraction of sp³-hybridized carbons (Fsp3) is 0.750. The molecule has 3 fully saturated rings. The number of piperidine rings is 1. The van der Waals surface area contributed by atoms with Crippen LogP contribution >= 0.6 is 0 Å². The molecule has 224 valence electrons. The van der Waals surface area contributed by atoms with Gasteiger partial charge in [0.2, 0.25) is 11.9 Å². The first kappa shape index (κ1) is 30.2. The van der Waals surface area contributed by atoms with Crippen LogP contribution in [0.15, 0.2) is 12.4 Å². The second-order valence-electron chi connectivity index (χ2n) is 11.2. The molecule has 0 radical (unpaired) electrons. The summed E-state index contributed by atoms with van der Waals surface area (Å²) in [6, 6.07) is -1.89. The number of amides is 2. The molecule has 16 heteroatoms. The van der Waals surface area contributed by atoms with Gasteiger partial charge in [0.1, 0.15) is 6.10 Å². The summed E-state index contributed by atoms with van der Waals surface area (Å²) >= 11 is 0. The molecular weight excluding hydrogens is 548 g/mol. The van der Waals surface area contributed by atoms with E-state index in [4.69, 9.17) is 4.74 Å². The molecule has 40 heavy (non-hydrogen) atoms. The topological polar surface area (TPSA) is 112 Å². The molecule has 0 aliphatic carbocycles. The predicted octanol–water partition coefficient (Wildman–Crippen LogP) is 1.88. The Bertz CT molecular complexity index is 1060. The van der Waals surface area contributed by atoms with Gasteiger partial charge in [0.15, 0.2) is 5.92 Å². The Kier molecular flexibility index (Phi) is 8.53. The summed E-state index contributed by atoms with van der Waals surface area (Å²) < 4.78 is 84.6. The SMILES string of the molecule is C[C@@H](CO[C@H]1C(=O)N(C2CCN(c3ncc(C(F)(F)F)cn3)CC2)CC1(C)C)NC1CNNC(=O)C1C(F)(F)F. The number of hydrazine groups is 1. The van der Waals surface area contributed by atoms with Crippen molar-refractivity contribution in [3.8, 4) is 0 Å². The van der Waals surface area contributed by atoms with Gasteiger partial charge in [0, 0.05) is 62.1 Å². The van der Waals surface area contributed by atoms with E-state index in [0.717, 1.165) is 12.4 Å². The van der Waals surface area contributed by atoms with Crippen molar-refractivity contribution < 1.29 is 40.7 Å². The summed E-state index contributed by atoms with van der Waals surface area (Å²) in [5.41, 5.74) is 2.98. The highest BCUT2D eigenvalue weighted by molar-refractivity contribution is 5.84. The van der Waals surface area contributed by atoms with Crippen LogP contribution in [0.5, 0.6) is 0 Å². The van der Waals surface area contributed by atoms with Gasteiger partial charge in [-0.15, -0.1) is 0 Å². The zero-order valence-electron chi connectivity index (χ0n) is 22.3. The van der Waals surface area contributed by atoms with Gasteiger partial charge >= 0.3 is 12.4 Å². The lowest BCUT2D eigenvalue weighted by atomic mass is 9.89. The average molecular weight is 582 g/mol. The maximum Gasteiger partial charge on any atom is 0.419 e. The lowest BCUT2D eigenvalue weighted by Gasteiger charge is -2.37. The zero-order valence-corrected chi connectivity index (χ0v) is 22.3. The first-order valence-electron chi connectivity index (χ1n) is 13.0. The van der Waals surface area contributed by atoms with Crippen LogP contribution in [0.4, 0.5) is 32.3 Å². The van der Waals surface area contributed by atoms with Gasteiger partial charge < -0.3 is 19.9 Å². The van der Waals surface area contributed by atoms with Crippen LogP contribution in [-0.2, 0) is 20.5 Å². The van der Waals surface area contributed by atoms with E-state index in [1.54, 1.807) is 16.7 Å². The number of halogens is 6. The predicted molar refractivity (Wildman–Crippen MR) is 130 cm³/mol. The molecule has 1 aromatic heterocycles. The number of carbonyl (C=O) groups excluding carboxylic acids is 2. The molecule has 0 spiro atoms. The van der Waals surface area contributed by atoms with Crippen molar-refractivity contribution in [2.45, 2.75) is 70.2 Å². The average Bonchev–Trinajstić information content (AvgIpc) is 3.09. The first-order valence-corrected chi connectivity index (χ1v) is 13.0. The monoisotopic (exact) mass is 581 g/mol. The molecule has 10 nitrogen and oxygen atoms in total. The fourth-order valence-corrected chi connectivity index (χ4v) is 5.51. The van der Waals surface area contributed by atoms with Gasteiger partial charge in [0.05, 0.1) is 12.2 Å². The van der Waals surface area contributed by atoms with E-state index >= 15 is 0 Å². The van der Waals surface area contributed by atoms with Gasteiger partial charge in [-0.25, -0.2) is 15.4 Å². The van der Waals surface area contributed by atoms with E-state index in [9.17, 15) is 35.9 Å². The minimum absolute atomic E-state index is 0.0416. The summed E-state index contributed by atoms with van der Waals surface area (Å²) in [6.07, 6.45) is -7.42. The van der Waals surface area contributed by atoms with Gasteiger partial charge in [-0.2, -0.15) is 26.3 Å². The Hall–Kier alpha value is -2.72. The number of likely N-dealkylation sites (tertiary alicyclic amines) is 1. The quantitative estimate of drug-likeness (QED) is 0.419. The van der Waals surface area contributed by atoms with Crippen molar-refractivity contribution in [2.75, 3.05) is 37.7 Å². The van der Waals surface area contributed by atoms with Crippen LogP contribution in [0.2, 0.25) is 0 Å². The van der Waals surface area contributed by atoms with Gasteiger partial charge in [0.25, 0.3) is 5.91 Å². The van der Waals surface area contributed by atoms with Crippen LogP contribution in [0.3, 0.4) is 0 Å². The molecule has 4 atom stereocenters. The molecule has 1 aromatic rings. The Morgan fingerprint density at radius 1 is 1.12 bits per heavy atom. The Labute approximate surface area is 227 Å². The van der Waals surface area contributed by atoms with E-state index in [0.29, 0.717) is 32.5 Å². The molecule has 0 saturated carbocycles. The van der Waals surface area contributed by atoms with Crippen molar-refractivity contribution in [1.29, 1.82) is 0 Å². The van der Waals surface area contributed by atoms with E-state index < -0.39 is 53.3 Å². The van der Waals surface area contributed by atoms with E-state index in [-0.39, 0.29) is 31.0 Å². The molecule has 2 amide bonds. The highest BCUT2D eigenvalue weighted by Crippen LogP contribution is 2.37. The summed E-state index contributed by atoms with van der Waals surface area (Å²) in [5, 5.41) is 2.81. The normalized spacial score (nSPS) is 27.2. The van der Waals surface area contributed by atoms with Crippen LogP contribution in [0.25, 0.3) is 0 Å². The highest BCUT2D eigenvalue weighted by atomic mass is 19.4. The van der Waals surface area contributed by atoms with E-state index in [2.05, 4.69) is 20.7 Å². The lowest BCUT2D eigenvalue weighted by Crippen LogP contribution is -2.65. The lowest BCUT2D eigenvalue weighted by molar-refractivity contribution is -0.193. The number of hydrogen-bond acceptors (Lipinski definition) is 8. The van der Waals surface area contributed by atoms with Crippen LogP contribution in [-0.4, -0.2) is 89.9 Å². The maximum atomic E-state index is 13.4. The Morgan fingerprint density at radius 2 is 1.75 bits per heavy atom. The number of alkyl halides is 6. The Balaban J connectivity index is 1.31. The molecular formula is C24H33F6N7O3. The number of ether oxygens (including phenoxy) is 1. The third-order valence-electron chi connectivity index (χ3n) is 7.53. The van der Waals surface area contributed by atoms with Crippen molar-refractivity contribution >= 4 is 17.8 Å². The van der Waals surface area contributed by atoms with E-state index in [1.165, 1.54) is 0 Å². The Morgan fingerprint density at radius 3 is 2.33 bits per heavy atom. The zero-order chi connectivity index (χ0) is 29.5. The van der Waals surface area contributed by atoms with E-state index in [1.807, 2.05) is 19.3 Å². The van der Waals surface area contributed by atoms with Crippen molar-refractivity contribution in [2.24, 2.45) is 11.3 Å². The standard InChI is InChI=1S/C24H33F6N7O3/c1-13(34-16-10-33-35-19(38)17(16)24(28,29)30)11-40-18-20(39)37(12-22(18,2)3)15-4-6-36(7-5-15)21-31-8-14(9-32-21)23(25,26)27/h8-9,13,15-18,33-34H,4-7,10-12H2,1-3H3,(H,35,38)/t13-,16?,17?,18-/m0/s1. The first-order chi connectivity index (χ1) is 18.6. The van der Waals surface area contributed by atoms with Gasteiger partial charge in [-0.05, 0) is 19.8 Å². The van der Waals surface area contributed by atoms with Crippen LogP contribution in [0, 0.1) is 11.3 Å². The summed E-state index contributed by atoms with van der Waals surface area (Å²) in [6.45, 7) is 6.55. The minimum atomic E-state index is -4.72. The van der Waals surface area contributed by atoms with Crippen LogP contribution < -0.4 is 21.1 Å². The summed E-state index contributed by atoms with van der Waals surface area (Å²) in [5.74, 6) is -3.40.